The van der Waals surface area contributed by atoms with Crippen LogP contribution in [0.5, 0.6) is 5.75 Å². The lowest BCUT2D eigenvalue weighted by Crippen LogP contribution is -1.96. The van der Waals surface area contributed by atoms with Gasteiger partial charge in [0.25, 0.3) is 6.08 Å². The summed E-state index contributed by atoms with van der Waals surface area (Å²) in [6, 6.07) is 13.1. The summed E-state index contributed by atoms with van der Waals surface area (Å²) in [5.74, 6) is 0.475. The first-order valence-corrected chi connectivity index (χ1v) is 6.06. The second kappa shape index (κ2) is 6.30. The summed E-state index contributed by atoms with van der Waals surface area (Å²) in [7, 11) is 1.47. The molecule has 2 aromatic carbocycles. The van der Waals surface area contributed by atoms with Crippen LogP contribution in [0.15, 0.2) is 54.6 Å². The molecule has 0 bridgehead atoms. The predicted octanol–water partition coefficient (Wildman–Crippen LogP) is 3.84. The van der Waals surface area contributed by atoms with E-state index >= 15 is 0 Å². The van der Waals surface area contributed by atoms with Crippen LogP contribution < -0.4 is 4.74 Å². The van der Waals surface area contributed by atoms with Crippen LogP contribution in [0.25, 0.3) is 5.57 Å². The monoisotopic (exact) mass is 276 g/mol. The minimum Gasteiger partial charge on any atom is -0.496 e. The Morgan fingerprint density at radius 2 is 1.75 bits per heavy atom. The lowest BCUT2D eigenvalue weighted by Gasteiger charge is -2.11. The van der Waals surface area contributed by atoms with E-state index in [0.717, 1.165) is 0 Å². The highest BCUT2D eigenvalue weighted by Gasteiger charge is 2.14. The zero-order chi connectivity index (χ0) is 14.5. The smallest absolute Gasteiger partial charge is 0.278 e. The summed E-state index contributed by atoms with van der Waals surface area (Å²) in [4.78, 5) is 0. The highest BCUT2D eigenvalue weighted by Crippen LogP contribution is 2.31. The second-order valence-electron chi connectivity index (χ2n) is 4.19. The van der Waals surface area contributed by atoms with Gasteiger partial charge in [0.15, 0.2) is 0 Å². The summed E-state index contributed by atoms with van der Waals surface area (Å²) in [6.07, 6.45) is -1.76. The summed E-state index contributed by atoms with van der Waals surface area (Å²) in [5, 5.41) is 9.28. The summed E-state index contributed by atoms with van der Waals surface area (Å²) in [5.41, 5.74) is 1.12. The number of benzene rings is 2. The van der Waals surface area contributed by atoms with E-state index < -0.39 is 6.08 Å². The van der Waals surface area contributed by atoms with Gasteiger partial charge in [0.2, 0.25) is 0 Å². The first-order valence-electron chi connectivity index (χ1n) is 6.06. The molecular formula is C16H14F2O2. The number of methoxy groups -OCH3 is 1. The van der Waals surface area contributed by atoms with Crippen molar-refractivity contribution in [2.24, 2.45) is 0 Å². The third-order valence-electron chi connectivity index (χ3n) is 2.99. The van der Waals surface area contributed by atoms with Crippen molar-refractivity contribution in [1.82, 2.24) is 0 Å². The number of rotatable bonds is 4. The molecule has 104 valence electrons. The van der Waals surface area contributed by atoms with Crippen molar-refractivity contribution in [3.05, 3.63) is 71.3 Å². The van der Waals surface area contributed by atoms with Crippen molar-refractivity contribution in [2.75, 3.05) is 7.11 Å². The third kappa shape index (κ3) is 2.86. The van der Waals surface area contributed by atoms with Crippen molar-refractivity contribution in [2.45, 2.75) is 6.61 Å². The molecule has 0 saturated heterocycles. The van der Waals surface area contributed by atoms with Gasteiger partial charge in [-0.1, -0.05) is 36.4 Å². The first kappa shape index (κ1) is 14.2. The zero-order valence-electron chi connectivity index (χ0n) is 10.9. The zero-order valence-corrected chi connectivity index (χ0v) is 10.9. The van der Waals surface area contributed by atoms with Crippen LogP contribution >= 0.6 is 0 Å². The fourth-order valence-corrected chi connectivity index (χ4v) is 2.05. The lowest BCUT2D eigenvalue weighted by molar-refractivity contribution is 0.273. The Labute approximate surface area is 115 Å². The summed E-state index contributed by atoms with van der Waals surface area (Å²) >= 11 is 0. The molecule has 2 aromatic rings. The minimum absolute atomic E-state index is 0.136. The molecule has 2 rings (SSSR count). The van der Waals surface area contributed by atoms with Crippen molar-refractivity contribution < 1.29 is 18.6 Å². The van der Waals surface area contributed by atoms with Gasteiger partial charge in [0.1, 0.15) is 5.75 Å². The Bertz CT molecular complexity index is 618. The fraction of sp³-hybridized carbons (Fsp3) is 0.125. The molecule has 0 aliphatic carbocycles. The van der Waals surface area contributed by atoms with E-state index in [1.54, 1.807) is 42.5 Å². The number of aliphatic hydroxyl groups excluding tert-OH is 1. The standard InChI is InChI=1S/C16H14F2O2/c1-20-14-8-7-12(9-13(14)10-19)15(16(17)18)11-5-3-2-4-6-11/h2-9,19H,10H2,1H3. The average Bonchev–Trinajstić information content (AvgIpc) is 2.48. The molecule has 1 N–H and O–H groups in total. The van der Waals surface area contributed by atoms with Gasteiger partial charge in [0, 0.05) is 5.56 Å². The molecule has 0 aliphatic rings. The van der Waals surface area contributed by atoms with Gasteiger partial charge in [-0.15, -0.1) is 0 Å². The molecule has 0 spiro atoms. The number of halogens is 2. The van der Waals surface area contributed by atoms with Crippen LogP contribution in [-0.2, 0) is 6.61 Å². The number of hydrogen-bond acceptors (Lipinski definition) is 2. The Hall–Kier alpha value is -2.20. The topological polar surface area (TPSA) is 29.5 Å². The van der Waals surface area contributed by atoms with Gasteiger partial charge in [-0.2, -0.15) is 8.78 Å². The number of ether oxygens (including phenoxy) is 1. The normalized spacial score (nSPS) is 10.2. The molecule has 0 saturated carbocycles. The van der Waals surface area contributed by atoms with Gasteiger partial charge < -0.3 is 9.84 Å². The molecule has 4 heteroatoms. The molecule has 0 radical (unpaired) electrons. The fourth-order valence-electron chi connectivity index (χ4n) is 2.05. The lowest BCUT2D eigenvalue weighted by atomic mass is 9.97. The largest absolute Gasteiger partial charge is 0.496 e. The molecule has 0 aliphatic heterocycles. The number of aliphatic hydroxyl groups is 1. The third-order valence-corrected chi connectivity index (χ3v) is 2.99. The summed E-state index contributed by atoms with van der Waals surface area (Å²) in [6.45, 7) is -0.271. The van der Waals surface area contributed by atoms with Crippen LogP contribution in [0.1, 0.15) is 16.7 Å². The minimum atomic E-state index is -1.76. The van der Waals surface area contributed by atoms with Crippen LogP contribution in [0.3, 0.4) is 0 Å². The molecule has 20 heavy (non-hydrogen) atoms. The molecule has 0 heterocycles. The van der Waals surface area contributed by atoms with Gasteiger partial charge >= 0.3 is 0 Å². The molecule has 0 unspecified atom stereocenters. The van der Waals surface area contributed by atoms with E-state index in [2.05, 4.69) is 0 Å². The Balaban J connectivity index is 2.55. The van der Waals surface area contributed by atoms with Crippen molar-refractivity contribution in [3.63, 3.8) is 0 Å². The Kier molecular flexibility index (Phi) is 4.48. The van der Waals surface area contributed by atoms with Crippen molar-refractivity contribution in [3.8, 4) is 5.75 Å². The van der Waals surface area contributed by atoms with Crippen LogP contribution in [-0.4, -0.2) is 12.2 Å². The first-order chi connectivity index (χ1) is 9.67. The van der Waals surface area contributed by atoms with Crippen molar-refractivity contribution >= 4 is 5.57 Å². The average molecular weight is 276 g/mol. The maximum atomic E-state index is 13.3. The maximum Gasteiger partial charge on any atom is 0.278 e. The van der Waals surface area contributed by atoms with E-state index in [1.807, 2.05) is 0 Å². The molecule has 0 fully saturated rings. The molecule has 2 nitrogen and oxygen atoms in total. The van der Waals surface area contributed by atoms with E-state index in [-0.39, 0.29) is 12.2 Å². The predicted molar refractivity (Wildman–Crippen MR) is 73.6 cm³/mol. The molecule has 0 atom stereocenters. The van der Waals surface area contributed by atoms with Gasteiger partial charge in [-0.3, -0.25) is 0 Å². The molecule has 0 amide bonds. The van der Waals surface area contributed by atoms with E-state index in [0.29, 0.717) is 22.4 Å². The Morgan fingerprint density at radius 1 is 1.05 bits per heavy atom. The van der Waals surface area contributed by atoms with E-state index in [1.165, 1.54) is 13.2 Å². The number of hydrogen-bond donors (Lipinski definition) is 1. The van der Waals surface area contributed by atoms with E-state index in [9.17, 15) is 13.9 Å². The maximum absolute atomic E-state index is 13.3. The molecule has 0 aromatic heterocycles. The Morgan fingerprint density at radius 3 is 2.30 bits per heavy atom. The molecular weight excluding hydrogens is 262 g/mol. The highest BCUT2D eigenvalue weighted by molar-refractivity contribution is 5.80. The van der Waals surface area contributed by atoms with Crippen LogP contribution in [0.4, 0.5) is 8.78 Å². The van der Waals surface area contributed by atoms with E-state index in [4.69, 9.17) is 4.74 Å². The highest BCUT2D eigenvalue weighted by atomic mass is 19.3. The summed E-state index contributed by atoms with van der Waals surface area (Å²) < 4.78 is 31.6. The quantitative estimate of drug-likeness (QED) is 0.919. The van der Waals surface area contributed by atoms with Gasteiger partial charge in [-0.05, 0) is 23.3 Å². The second-order valence-corrected chi connectivity index (χ2v) is 4.19. The van der Waals surface area contributed by atoms with Gasteiger partial charge in [-0.25, -0.2) is 0 Å². The SMILES string of the molecule is COc1ccc(C(=C(F)F)c2ccccc2)cc1CO. The van der Waals surface area contributed by atoms with Gasteiger partial charge in [0.05, 0.1) is 19.3 Å². The van der Waals surface area contributed by atoms with Crippen molar-refractivity contribution in [1.29, 1.82) is 0 Å². The van der Waals surface area contributed by atoms with Crippen LogP contribution in [0, 0.1) is 0 Å². The van der Waals surface area contributed by atoms with Crippen LogP contribution in [0.2, 0.25) is 0 Å².